The Morgan fingerprint density at radius 3 is 1.12 bits per heavy atom. The second-order valence-corrected chi connectivity index (χ2v) is 28.1. The topological polar surface area (TPSA) is 50.7 Å². The van der Waals surface area contributed by atoms with Crippen molar-refractivity contribution in [3.8, 4) is 39.1 Å². The summed E-state index contributed by atoms with van der Waals surface area (Å²) in [7, 11) is 0. The van der Waals surface area contributed by atoms with E-state index < -0.39 is 6.04 Å². The molecule has 0 bridgehead atoms. The minimum absolute atomic E-state index is 0.0680. The summed E-state index contributed by atoms with van der Waals surface area (Å²) >= 11 is 0. The second kappa shape index (κ2) is 32.4. The molecule has 0 atom stereocenters. The van der Waals surface area contributed by atoms with Crippen LogP contribution in [0.3, 0.4) is 0 Å². The van der Waals surface area contributed by atoms with E-state index >= 15 is 0 Å². The van der Waals surface area contributed by atoms with Crippen LogP contribution in [0, 0.1) is 0 Å². The van der Waals surface area contributed by atoms with Gasteiger partial charge in [-0.25, -0.2) is 0 Å². The summed E-state index contributed by atoms with van der Waals surface area (Å²) in [5, 5.41) is 13.0. The van der Waals surface area contributed by atoms with Gasteiger partial charge in [-0.05, 0) is 226 Å². The van der Waals surface area contributed by atoms with Crippen LogP contribution >= 0.6 is 0 Å². The van der Waals surface area contributed by atoms with Crippen molar-refractivity contribution in [1.29, 1.82) is 0 Å². The van der Waals surface area contributed by atoms with Crippen LogP contribution < -0.4 is 30.7 Å². The molecule has 538 valence electrons. The maximum atomic E-state index is 8.47. The Morgan fingerprint density at radius 1 is 0.241 bits per heavy atom. The molecule has 1 aliphatic rings. The lowest BCUT2D eigenvalue weighted by atomic mass is 9.82. The van der Waals surface area contributed by atoms with Crippen molar-refractivity contribution < 1.29 is 6.85 Å². The minimum atomic E-state index is -0.411. The second-order valence-electron chi connectivity index (χ2n) is 28.1. The fraction of sp³-hybridized carbons (Fsp3) is 0.0286. The van der Waals surface area contributed by atoms with Crippen molar-refractivity contribution in [2.75, 3.05) is 30.7 Å². The number of anilines is 15. The maximum absolute atomic E-state index is 8.47. The summed E-state index contributed by atoms with van der Waals surface area (Å²) in [6.45, 7) is 4.68. The zero-order valence-electron chi connectivity index (χ0n) is 67.1. The normalized spacial score (nSPS) is 12.2. The van der Waals surface area contributed by atoms with Gasteiger partial charge < -0.3 is 35.2 Å². The highest BCUT2D eigenvalue weighted by atomic mass is 15.2. The number of hydrogen-bond acceptors (Lipinski definition) is 6. The van der Waals surface area contributed by atoms with Crippen molar-refractivity contribution in [1.82, 2.24) is 4.57 Å². The SMILES string of the molecule is CC1(C)c2ccccc2-c2ccc(N(c3ccc(-c4ccccc4)cc3)c3cccc(Nc4ccccc4)c3)cc21.[2H]c1c([2H])c([2H])c(N(c2ccccc2)c2cccc(Nc3ccccc3)c2)c([2H])c1[2H].c1ccc(-c2ccc(Nc3cccc(N(c4ccccc4)c4ccc5c6ccccc6n(-c6ccccc6)c5c4)c3)cc2)cc1. The Morgan fingerprint density at radius 2 is 0.589 bits per heavy atom. The van der Waals surface area contributed by atoms with E-state index in [1.807, 2.05) is 97.1 Å². The largest absolute Gasteiger partial charge is 0.355 e. The predicted octanol–water partition coefficient (Wildman–Crippen LogP) is 29.4. The Hall–Kier alpha value is -14.7. The molecule has 0 saturated carbocycles. The van der Waals surface area contributed by atoms with Gasteiger partial charge in [0.05, 0.1) is 17.9 Å². The highest BCUT2D eigenvalue weighted by molar-refractivity contribution is 6.10. The Bertz CT molecular complexity index is 6470. The van der Waals surface area contributed by atoms with Gasteiger partial charge in [-0.3, -0.25) is 0 Å². The number of fused-ring (bicyclic) bond motifs is 6. The lowest BCUT2D eigenvalue weighted by Gasteiger charge is -2.28. The van der Waals surface area contributed by atoms with Crippen molar-refractivity contribution >= 4 is 107 Å². The van der Waals surface area contributed by atoms with Crippen molar-refractivity contribution in [2.45, 2.75) is 19.3 Å². The minimum Gasteiger partial charge on any atom is -0.355 e. The molecule has 1 aromatic heterocycles. The molecular weight excluding hydrogens is 1360 g/mol. The molecule has 0 unspecified atom stereocenters. The summed E-state index contributed by atoms with van der Waals surface area (Å²) in [4.78, 5) is 6.39. The van der Waals surface area contributed by atoms with E-state index in [-0.39, 0.29) is 35.3 Å². The number of nitrogens with one attached hydrogen (secondary N) is 3. The first-order valence-electron chi connectivity index (χ1n) is 40.3. The van der Waals surface area contributed by atoms with Crippen molar-refractivity contribution in [3.63, 3.8) is 0 Å². The van der Waals surface area contributed by atoms with Crippen LogP contribution in [0.15, 0.2) is 449 Å². The van der Waals surface area contributed by atoms with E-state index in [1.165, 1.54) is 66.3 Å². The van der Waals surface area contributed by atoms with Gasteiger partial charge in [0.25, 0.3) is 0 Å². The molecule has 19 rings (SSSR count). The standard InChI is InChI=1S/C42H31N3.C39H32N2.C24H20N2/c1-4-13-31(14-5-1)32-23-25-33(26-24-32)43-34-15-12-20-37(29-34)44(35-16-6-2-7-17-35)38-27-28-40-39-21-10-11-22-41(39)45(42(40)30-38)36-18-8-3-9-19-36;1-39(2)37-19-10-9-18-35(37)36-25-24-34(27-38(36)39)41(32-22-20-29(21-23-32)28-12-5-3-6-13-28)33-17-11-16-31(26-33)40-30-14-7-4-8-15-30;1-4-11-20(12-5-1)25-21-13-10-18-24(19-21)26(22-14-6-2-7-15-22)23-16-8-3-9-17-23/h1-30,43H;3-27,40H,1-2H3;1-19,25H/i;;2D,6D,7D,14D,15D. The zero-order valence-corrected chi connectivity index (χ0v) is 62.1. The lowest BCUT2D eigenvalue weighted by molar-refractivity contribution is 0.660. The van der Waals surface area contributed by atoms with Crippen molar-refractivity contribution in [3.05, 3.63) is 460 Å². The molecule has 0 fully saturated rings. The monoisotopic (exact) mass is 1450 g/mol. The first-order chi connectivity index (χ1) is 57.4. The van der Waals surface area contributed by atoms with Gasteiger partial charge in [0, 0.05) is 107 Å². The Labute approximate surface area is 663 Å². The summed E-state index contributed by atoms with van der Waals surface area (Å²) < 4.78 is 43.4. The fourth-order valence-electron chi connectivity index (χ4n) is 15.1. The smallest absolute Gasteiger partial charge is 0.0645 e. The molecular formula is C105H83N7. The molecule has 112 heavy (non-hydrogen) atoms. The summed E-state index contributed by atoms with van der Waals surface area (Å²) in [5.41, 5.74) is 27.8. The van der Waals surface area contributed by atoms with Gasteiger partial charge in [0.2, 0.25) is 0 Å². The highest BCUT2D eigenvalue weighted by Crippen LogP contribution is 2.51. The lowest BCUT2D eigenvalue weighted by Crippen LogP contribution is -2.16. The van der Waals surface area contributed by atoms with Crippen LogP contribution in [0.5, 0.6) is 0 Å². The molecule has 1 heterocycles. The Kier molecular flexibility index (Phi) is 18.7. The van der Waals surface area contributed by atoms with Crippen LogP contribution in [-0.2, 0) is 5.41 Å². The van der Waals surface area contributed by atoms with Gasteiger partial charge in [-0.1, -0.05) is 281 Å². The quantitative estimate of drug-likeness (QED) is 0.0796. The van der Waals surface area contributed by atoms with E-state index in [2.05, 4.69) is 366 Å². The third-order valence-electron chi connectivity index (χ3n) is 20.4. The van der Waals surface area contributed by atoms with E-state index in [0.717, 1.165) is 73.9 Å². The number of para-hydroxylation sites is 7. The van der Waals surface area contributed by atoms with E-state index in [1.54, 1.807) is 4.90 Å². The zero-order chi connectivity index (χ0) is 79.8. The first kappa shape index (κ1) is 64.5. The molecule has 7 nitrogen and oxygen atoms in total. The molecule has 0 spiro atoms. The fourth-order valence-corrected chi connectivity index (χ4v) is 15.1. The molecule has 0 saturated heterocycles. The number of nitrogens with zero attached hydrogens (tertiary/aromatic N) is 4. The van der Waals surface area contributed by atoms with Crippen molar-refractivity contribution in [2.24, 2.45) is 0 Å². The molecule has 0 radical (unpaired) electrons. The summed E-state index contributed by atoms with van der Waals surface area (Å²) in [6, 6.07) is 143. The molecule has 18 aromatic rings. The van der Waals surface area contributed by atoms with Gasteiger partial charge in [-0.15, -0.1) is 0 Å². The predicted molar refractivity (Wildman–Crippen MR) is 475 cm³/mol. The van der Waals surface area contributed by atoms with Crippen LogP contribution in [0.4, 0.5) is 85.3 Å². The number of hydrogen-bond donors (Lipinski definition) is 3. The molecule has 7 heteroatoms. The highest BCUT2D eigenvalue weighted by Gasteiger charge is 2.36. The number of benzene rings is 17. The third-order valence-corrected chi connectivity index (χ3v) is 20.4. The molecule has 3 N–H and O–H groups in total. The van der Waals surface area contributed by atoms with Gasteiger partial charge in [-0.2, -0.15) is 0 Å². The van der Waals surface area contributed by atoms with E-state index in [0.29, 0.717) is 11.4 Å². The first-order valence-corrected chi connectivity index (χ1v) is 37.8. The third kappa shape index (κ3) is 15.3. The van der Waals surface area contributed by atoms with E-state index in [4.69, 9.17) is 6.85 Å². The molecule has 1 aliphatic carbocycles. The number of aromatic nitrogens is 1. The Balaban J connectivity index is 0.000000128. The van der Waals surface area contributed by atoms with Crippen LogP contribution in [0.25, 0.3) is 60.9 Å². The van der Waals surface area contributed by atoms with Crippen LogP contribution in [0.1, 0.15) is 31.8 Å². The summed E-state index contributed by atoms with van der Waals surface area (Å²) in [6.07, 6.45) is 0. The van der Waals surface area contributed by atoms with Crippen LogP contribution in [-0.4, -0.2) is 4.57 Å². The van der Waals surface area contributed by atoms with Gasteiger partial charge in [0.1, 0.15) is 0 Å². The molecule has 0 aliphatic heterocycles. The van der Waals surface area contributed by atoms with Gasteiger partial charge in [0.15, 0.2) is 0 Å². The van der Waals surface area contributed by atoms with E-state index in [9.17, 15) is 0 Å². The van der Waals surface area contributed by atoms with Gasteiger partial charge >= 0.3 is 0 Å². The van der Waals surface area contributed by atoms with Crippen LogP contribution in [0.2, 0.25) is 0 Å². The average molecular weight is 1450 g/mol. The molecule has 0 amide bonds. The summed E-state index contributed by atoms with van der Waals surface area (Å²) in [5.74, 6) is 0. The maximum Gasteiger partial charge on any atom is 0.0645 e. The molecule has 17 aromatic carbocycles. The number of rotatable bonds is 18. The average Bonchev–Trinajstić information content (AvgIpc) is 1.60.